The monoisotopic (exact) mass is 927 g/mol. The van der Waals surface area contributed by atoms with Crippen LogP contribution in [0.1, 0.15) is 85.6 Å². The molecule has 2 fully saturated rings. The van der Waals surface area contributed by atoms with Crippen LogP contribution in [-0.4, -0.2) is 121 Å². The predicted molar refractivity (Wildman–Crippen MR) is 245 cm³/mol. The number of nitrogens with two attached hydrogens (primary N) is 1. The lowest BCUT2D eigenvalue weighted by Gasteiger charge is -2.35. The number of carbonyl (C=O) groups is 3. The van der Waals surface area contributed by atoms with Gasteiger partial charge in [0.15, 0.2) is 6.29 Å². The van der Waals surface area contributed by atoms with Crippen molar-refractivity contribution in [2.24, 2.45) is 28.4 Å². The van der Waals surface area contributed by atoms with Crippen molar-refractivity contribution in [3.8, 4) is 0 Å². The number of methoxy groups -OCH3 is 2. The van der Waals surface area contributed by atoms with Gasteiger partial charge in [-0.25, -0.2) is 22.8 Å². The number of amides is 2. The van der Waals surface area contributed by atoms with E-state index in [1.807, 2.05) is 44.2 Å². The van der Waals surface area contributed by atoms with Crippen LogP contribution in [0.4, 0.5) is 20.1 Å². The van der Waals surface area contributed by atoms with Crippen LogP contribution in [-0.2, 0) is 40.1 Å². The Morgan fingerprint density at radius 1 is 0.968 bits per heavy atom. The van der Waals surface area contributed by atoms with E-state index in [9.17, 15) is 27.9 Å². The molecule has 2 aliphatic heterocycles. The Morgan fingerprint density at radius 2 is 1.63 bits per heavy atom. The average molecular weight is 929 g/mol. The lowest BCUT2D eigenvalue weighted by molar-refractivity contribution is -0.0907. The highest BCUT2D eigenvalue weighted by Gasteiger charge is 2.44. The first-order valence-corrected chi connectivity index (χ1v) is 23.4. The summed E-state index contributed by atoms with van der Waals surface area (Å²) in [6, 6.07) is 15.2. The van der Waals surface area contributed by atoms with Crippen molar-refractivity contribution in [1.82, 2.24) is 14.9 Å². The Balaban J connectivity index is 0.000000568. The van der Waals surface area contributed by atoms with E-state index in [0.717, 1.165) is 37.2 Å². The normalized spacial score (nSPS) is 18.2. The second-order valence-corrected chi connectivity index (χ2v) is 20.1. The first kappa shape index (κ1) is 55.4. The van der Waals surface area contributed by atoms with Gasteiger partial charge in [0.2, 0.25) is 10.0 Å². The Labute approximate surface area is 380 Å². The molecule has 2 amide bonds. The van der Waals surface area contributed by atoms with Crippen LogP contribution < -0.4 is 21.7 Å². The zero-order valence-electron chi connectivity index (χ0n) is 38.7. The van der Waals surface area contributed by atoms with Crippen LogP contribution in [0.15, 0.2) is 59.5 Å². The van der Waals surface area contributed by atoms with Gasteiger partial charge < -0.3 is 50.5 Å². The number of hydrogen-bond acceptors (Lipinski definition) is 13. The van der Waals surface area contributed by atoms with E-state index >= 15 is 0 Å². The minimum absolute atomic E-state index is 0.0343. The molecule has 18 heteroatoms. The lowest BCUT2D eigenvalue weighted by atomic mass is 9.80. The Hall–Kier alpha value is -3.71. The summed E-state index contributed by atoms with van der Waals surface area (Å²) in [6.45, 7) is 14.9. The molecule has 63 heavy (non-hydrogen) atoms. The van der Waals surface area contributed by atoms with E-state index in [1.165, 1.54) is 24.9 Å². The number of alkyl carbamates (subject to hydrolysis) is 2. The number of rotatable bonds is 21. The first-order chi connectivity index (χ1) is 29.7. The molecule has 6 N–H and O–H groups in total. The van der Waals surface area contributed by atoms with E-state index < -0.39 is 45.2 Å². The molecule has 2 aromatic carbocycles. The number of aliphatic hydroxyl groups excluding tert-OH is 1. The van der Waals surface area contributed by atoms with Gasteiger partial charge in [-0.2, -0.15) is 4.31 Å². The molecule has 0 aliphatic carbocycles. The SMILES string of the molecule is CNc1cccc(S(=O)(=O)N(C[C@@H](O)[C@H](Cc2ccccc2)NC(=O)O[C@H]2CO[C@H]3OCC[C@H]32)CC(C)(C)CCCN)c1.COC(=O)Cl.COC(=O)NCCCC(C)(C)CC(C)C. The standard InChI is InChI=1S/C31H46N4O7S.C12H25NO2.C2H3ClO2/c1-31(2,14-8-15-32)21-35(43(38,39)24-12-7-11-23(18-24)33-3)19-27(36)26(17-22-9-5-4-6-10-22)34-30(37)42-28-20-41-29-25(28)13-16-40-29;1-10(2)9-12(3,4)7-6-8-13-11(14)15-5;1-5-2(3)4/h4-7,9-12,18,25-29,33,36H,8,13-17,19-21,32H2,1-3H3,(H,34,37);10H,6-9H2,1-5H3,(H,13,14);1H3/t25-,26-,27+,28-,29+;;/m0../s1. The quantitative estimate of drug-likeness (QED) is 0.0479. The van der Waals surface area contributed by atoms with Gasteiger partial charge in [0.25, 0.3) is 0 Å². The van der Waals surface area contributed by atoms with Crippen LogP contribution in [0.3, 0.4) is 0 Å². The number of nitrogens with zero attached hydrogens (tertiary/aromatic N) is 1. The van der Waals surface area contributed by atoms with Crippen molar-refractivity contribution in [2.75, 3.05) is 66.0 Å². The molecule has 16 nitrogen and oxygen atoms in total. The third-order valence-electron chi connectivity index (χ3n) is 10.7. The molecule has 0 spiro atoms. The zero-order valence-corrected chi connectivity index (χ0v) is 40.3. The second kappa shape index (κ2) is 27.6. The number of sulfonamides is 1. The topological polar surface area (TPSA) is 217 Å². The van der Waals surface area contributed by atoms with E-state index in [0.29, 0.717) is 37.2 Å². The number of benzene rings is 2. The number of aliphatic hydroxyl groups is 1. The van der Waals surface area contributed by atoms with E-state index in [2.05, 4.69) is 64.7 Å². The molecular formula is C45H74ClN5O11S. The minimum atomic E-state index is -4.02. The van der Waals surface area contributed by atoms with E-state index in [1.54, 1.807) is 31.3 Å². The summed E-state index contributed by atoms with van der Waals surface area (Å²) in [6.07, 6.45) is 2.71. The fraction of sp³-hybridized carbons (Fsp3) is 0.667. The molecule has 358 valence electrons. The lowest BCUT2D eigenvalue weighted by Crippen LogP contribution is -2.52. The van der Waals surface area contributed by atoms with Crippen molar-refractivity contribution in [2.45, 2.75) is 116 Å². The minimum Gasteiger partial charge on any atom is -0.457 e. The molecule has 0 aromatic heterocycles. The Kier molecular flexibility index (Phi) is 24.3. The van der Waals surface area contributed by atoms with Crippen molar-refractivity contribution >= 4 is 44.9 Å². The number of carbonyl (C=O) groups excluding carboxylic acids is 3. The van der Waals surface area contributed by atoms with Gasteiger partial charge >= 0.3 is 17.6 Å². The Morgan fingerprint density at radius 3 is 2.24 bits per heavy atom. The maximum Gasteiger partial charge on any atom is 0.407 e. The van der Waals surface area contributed by atoms with Crippen LogP contribution in [0.5, 0.6) is 0 Å². The third kappa shape index (κ3) is 20.8. The number of nitrogens with one attached hydrogen (secondary N) is 3. The largest absolute Gasteiger partial charge is 0.457 e. The van der Waals surface area contributed by atoms with E-state index in [4.69, 9.17) is 19.9 Å². The number of fused-ring (bicyclic) bond motifs is 1. The molecule has 0 radical (unpaired) electrons. The third-order valence-corrected chi connectivity index (χ3v) is 12.7. The van der Waals surface area contributed by atoms with Crippen molar-refractivity contribution in [3.63, 3.8) is 0 Å². The molecule has 0 saturated carbocycles. The smallest absolute Gasteiger partial charge is 0.407 e. The molecule has 0 unspecified atom stereocenters. The molecule has 5 atom stereocenters. The fourth-order valence-corrected chi connectivity index (χ4v) is 9.43. The summed E-state index contributed by atoms with van der Waals surface area (Å²) >= 11 is 4.60. The molecule has 2 heterocycles. The van der Waals surface area contributed by atoms with Gasteiger partial charge in [0.1, 0.15) is 6.10 Å². The van der Waals surface area contributed by atoms with Gasteiger partial charge in [0, 0.05) is 44.0 Å². The van der Waals surface area contributed by atoms with Crippen molar-refractivity contribution < 1.29 is 51.6 Å². The summed E-state index contributed by atoms with van der Waals surface area (Å²) < 4.78 is 54.6. The Bertz CT molecular complexity index is 1770. The molecule has 4 rings (SSSR count). The van der Waals surface area contributed by atoms with Crippen molar-refractivity contribution in [3.05, 3.63) is 60.2 Å². The van der Waals surface area contributed by atoms with Crippen LogP contribution in [0, 0.1) is 22.7 Å². The highest BCUT2D eigenvalue weighted by molar-refractivity contribution is 7.89. The predicted octanol–water partition coefficient (Wildman–Crippen LogP) is 7.13. The summed E-state index contributed by atoms with van der Waals surface area (Å²) in [4.78, 5) is 33.4. The first-order valence-electron chi connectivity index (χ1n) is 21.6. The van der Waals surface area contributed by atoms with E-state index in [-0.39, 0.29) is 49.3 Å². The number of ether oxygens (including phenoxy) is 5. The highest BCUT2D eigenvalue weighted by Crippen LogP contribution is 2.34. The molecule has 2 saturated heterocycles. The molecule has 2 aromatic rings. The van der Waals surface area contributed by atoms with Crippen LogP contribution in [0.2, 0.25) is 0 Å². The summed E-state index contributed by atoms with van der Waals surface area (Å²) in [5.74, 6) is 0.696. The van der Waals surface area contributed by atoms with Gasteiger partial charge in [-0.05, 0) is 92.0 Å². The summed E-state index contributed by atoms with van der Waals surface area (Å²) in [7, 11) is 0.304. The zero-order chi connectivity index (χ0) is 47.2. The number of anilines is 1. The van der Waals surface area contributed by atoms with Gasteiger partial charge in [-0.1, -0.05) is 77.9 Å². The summed E-state index contributed by atoms with van der Waals surface area (Å²) in [5.41, 5.74) is 6.46. The van der Waals surface area contributed by atoms with Gasteiger partial charge in [-0.15, -0.1) is 0 Å². The summed E-state index contributed by atoms with van der Waals surface area (Å²) in [5, 5.41) is 20.1. The average Bonchev–Trinajstić information content (AvgIpc) is 3.86. The maximum absolute atomic E-state index is 14.1. The van der Waals surface area contributed by atoms with Gasteiger partial charge in [0.05, 0.1) is 50.4 Å². The maximum atomic E-state index is 14.1. The van der Waals surface area contributed by atoms with Crippen LogP contribution >= 0.6 is 11.6 Å². The molecular weight excluding hydrogens is 854 g/mol. The van der Waals surface area contributed by atoms with Crippen molar-refractivity contribution in [1.29, 1.82) is 0 Å². The van der Waals surface area contributed by atoms with Crippen LogP contribution in [0.25, 0.3) is 0 Å². The second-order valence-electron chi connectivity index (χ2n) is 17.8. The highest BCUT2D eigenvalue weighted by atomic mass is 35.5. The number of hydrogen-bond donors (Lipinski definition) is 5. The number of halogens is 1. The fourth-order valence-electron chi connectivity index (χ4n) is 7.74. The van der Waals surface area contributed by atoms with Gasteiger partial charge in [-0.3, -0.25) is 0 Å². The molecule has 0 bridgehead atoms. The molecule has 2 aliphatic rings.